The average Bonchev–Trinajstić information content (AvgIpc) is 3.32. The smallest absolute Gasteiger partial charge is 0.242 e. The maximum absolute atomic E-state index is 13.5. The Bertz CT molecular complexity index is 1050. The Morgan fingerprint density at radius 2 is 1.47 bits per heavy atom. The van der Waals surface area contributed by atoms with E-state index in [1.165, 1.54) is 5.56 Å². The Labute approximate surface area is 214 Å². The van der Waals surface area contributed by atoms with Crippen LogP contribution in [-0.4, -0.2) is 54.5 Å². The number of rotatable bonds is 15. The van der Waals surface area contributed by atoms with Crippen molar-refractivity contribution in [1.29, 1.82) is 0 Å². The van der Waals surface area contributed by atoms with Crippen LogP contribution in [0.2, 0.25) is 0 Å². The Morgan fingerprint density at radius 3 is 2.08 bits per heavy atom. The second-order valence-electron chi connectivity index (χ2n) is 8.91. The standard InChI is InChI=1S/C30H38N2O4/c1-3-35-22-10-20-31(29(33)18-16-26-11-6-4-7-12-26)24-30(34)32(23-28-17-15-25(2)36-28)21-19-27-13-8-5-9-14-27/h4-9,11-15,17H,3,10,16,18-24H2,1-2H3. The van der Waals surface area contributed by atoms with Gasteiger partial charge in [0.25, 0.3) is 0 Å². The van der Waals surface area contributed by atoms with E-state index in [0.29, 0.717) is 52.1 Å². The quantitative estimate of drug-likeness (QED) is 0.280. The summed E-state index contributed by atoms with van der Waals surface area (Å²) in [6.45, 7) is 6.52. The van der Waals surface area contributed by atoms with E-state index >= 15 is 0 Å². The molecule has 0 radical (unpaired) electrons. The molecule has 1 heterocycles. The number of hydrogen-bond donors (Lipinski definition) is 0. The third-order valence-corrected chi connectivity index (χ3v) is 6.08. The van der Waals surface area contributed by atoms with E-state index in [1.807, 2.05) is 74.5 Å². The molecule has 3 rings (SSSR count). The van der Waals surface area contributed by atoms with E-state index in [0.717, 1.165) is 23.5 Å². The van der Waals surface area contributed by atoms with Gasteiger partial charge in [0.05, 0.1) is 13.1 Å². The molecule has 6 heteroatoms. The summed E-state index contributed by atoms with van der Waals surface area (Å²) in [4.78, 5) is 30.2. The van der Waals surface area contributed by atoms with Gasteiger partial charge in [-0.05, 0) is 56.4 Å². The van der Waals surface area contributed by atoms with E-state index in [9.17, 15) is 9.59 Å². The van der Waals surface area contributed by atoms with E-state index < -0.39 is 0 Å². The Balaban J connectivity index is 1.67. The van der Waals surface area contributed by atoms with Gasteiger partial charge in [-0.1, -0.05) is 60.7 Å². The highest BCUT2D eigenvalue weighted by molar-refractivity contribution is 5.85. The molecular formula is C30H38N2O4. The van der Waals surface area contributed by atoms with Crippen LogP contribution in [0.4, 0.5) is 0 Å². The van der Waals surface area contributed by atoms with Crippen LogP contribution in [0.1, 0.15) is 42.4 Å². The monoisotopic (exact) mass is 490 g/mol. The van der Waals surface area contributed by atoms with E-state index in [-0.39, 0.29) is 18.4 Å². The Kier molecular flexibility index (Phi) is 11.3. The highest BCUT2D eigenvalue weighted by Gasteiger charge is 2.22. The molecule has 0 bridgehead atoms. The molecule has 0 unspecified atom stereocenters. The first-order chi connectivity index (χ1) is 17.5. The minimum Gasteiger partial charge on any atom is -0.464 e. The predicted octanol–water partition coefficient (Wildman–Crippen LogP) is 5.05. The molecule has 0 spiro atoms. The number of hydrogen-bond acceptors (Lipinski definition) is 4. The first-order valence-corrected chi connectivity index (χ1v) is 12.8. The van der Waals surface area contributed by atoms with Crippen LogP contribution in [0.25, 0.3) is 0 Å². The second kappa shape index (κ2) is 14.9. The van der Waals surface area contributed by atoms with Crippen LogP contribution in [0.3, 0.4) is 0 Å². The lowest BCUT2D eigenvalue weighted by Gasteiger charge is -2.27. The van der Waals surface area contributed by atoms with Crippen LogP contribution in [-0.2, 0) is 33.7 Å². The van der Waals surface area contributed by atoms with Crippen molar-refractivity contribution in [3.8, 4) is 0 Å². The van der Waals surface area contributed by atoms with Crippen LogP contribution in [0.15, 0.2) is 77.2 Å². The molecule has 0 fully saturated rings. The summed E-state index contributed by atoms with van der Waals surface area (Å²) in [6, 6.07) is 23.9. The number of amides is 2. The Morgan fingerprint density at radius 1 is 0.806 bits per heavy atom. The molecule has 0 N–H and O–H groups in total. The van der Waals surface area contributed by atoms with Crippen molar-refractivity contribution in [2.24, 2.45) is 0 Å². The second-order valence-corrected chi connectivity index (χ2v) is 8.91. The van der Waals surface area contributed by atoms with Crippen LogP contribution in [0, 0.1) is 6.92 Å². The predicted molar refractivity (Wildman–Crippen MR) is 141 cm³/mol. The molecule has 0 saturated carbocycles. The fourth-order valence-corrected chi connectivity index (χ4v) is 4.07. The third kappa shape index (κ3) is 9.34. The highest BCUT2D eigenvalue weighted by Crippen LogP contribution is 2.13. The zero-order valence-electron chi connectivity index (χ0n) is 21.5. The number of carbonyl (C=O) groups is 2. The summed E-state index contributed by atoms with van der Waals surface area (Å²) >= 11 is 0. The molecule has 0 aliphatic heterocycles. The van der Waals surface area contributed by atoms with Gasteiger partial charge in [0.1, 0.15) is 11.5 Å². The van der Waals surface area contributed by atoms with Crippen molar-refractivity contribution in [1.82, 2.24) is 9.80 Å². The molecule has 1 aromatic heterocycles. The minimum atomic E-state index is -0.0792. The van der Waals surface area contributed by atoms with Gasteiger partial charge in [0.2, 0.25) is 11.8 Å². The molecule has 0 atom stereocenters. The maximum Gasteiger partial charge on any atom is 0.242 e. The Hall–Kier alpha value is -3.38. The number of nitrogens with zero attached hydrogens (tertiary/aromatic N) is 2. The SMILES string of the molecule is CCOCCCN(CC(=O)N(CCc1ccccc1)Cc1ccc(C)o1)C(=O)CCc1ccccc1. The average molecular weight is 491 g/mol. The zero-order valence-corrected chi connectivity index (χ0v) is 21.5. The number of aryl methyl sites for hydroxylation is 2. The van der Waals surface area contributed by atoms with Gasteiger partial charge in [-0.15, -0.1) is 0 Å². The summed E-state index contributed by atoms with van der Waals surface area (Å²) in [5.41, 5.74) is 2.28. The number of ether oxygens (including phenoxy) is 1. The van der Waals surface area contributed by atoms with Gasteiger partial charge in [0, 0.05) is 32.7 Å². The molecule has 36 heavy (non-hydrogen) atoms. The van der Waals surface area contributed by atoms with Crippen LogP contribution in [0.5, 0.6) is 0 Å². The van der Waals surface area contributed by atoms with Gasteiger partial charge in [0.15, 0.2) is 0 Å². The summed E-state index contributed by atoms with van der Waals surface area (Å²) < 4.78 is 11.2. The first kappa shape index (κ1) is 27.2. The first-order valence-electron chi connectivity index (χ1n) is 12.8. The van der Waals surface area contributed by atoms with Crippen molar-refractivity contribution < 1.29 is 18.7 Å². The maximum atomic E-state index is 13.5. The van der Waals surface area contributed by atoms with Gasteiger partial charge >= 0.3 is 0 Å². The molecule has 2 amide bonds. The lowest BCUT2D eigenvalue weighted by molar-refractivity contribution is -0.141. The molecule has 0 aliphatic rings. The molecule has 0 aliphatic carbocycles. The normalized spacial score (nSPS) is 10.8. The lowest BCUT2D eigenvalue weighted by Crippen LogP contribution is -2.44. The molecule has 0 saturated heterocycles. The van der Waals surface area contributed by atoms with E-state index in [4.69, 9.17) is 9.15 Å². The van der Waals surface area contributed by atoms with E-state index in [2.05, 4.69) is 12.1 Å². The summed E-state index contributed by atoms with van der Waals surface area (Å²) in [7, 11) is 0. The molecule has 2 aromatic carbocycles. The number of furan rings is 1. The van der Waals surface area contributed by atoms with Crippen LogP contribution < -0.4 is 0 Å². The van der Waals surface area contributed by atoms with Crippen molar-refractivity contribution in [3.05, 3.63) is 95.4 Å². The van der Waals surface area contributed by atoms with Crippen molar-refractivity contribution in [3.63, 3.8) is 0 Å². The lowest BCUT2D eigenvalue weighted by atomic mass is 10.1. The van der Waals surface area contributed by atoms with Crippen LogP contribution >= 0.6 is 0 Å². The fourth-order valence-electron chi connectivity index (χ4n) is 4.07. The van der Waals surface area contributed by atoms with Crippen molar-refractivity contribution >= 4 is 11.8 Å². The number of benzene rings is 2. The van der Waals surface area contributed by atoms with Crippen molar-refractivity contribution in [2.75, 3.05) is 32.8 Å². The van der Waals surface area contributed by atoms with E-state index in [1.54, 1.807) is 9.80 Å². The third-order valence-electron chi connectivity index (χ3n) is 6.08. The molecule has 6 nitrogen and oxygen atoms in total. The fraction of sp³-hybridized carbons (Fsp3) is 0.400. The highest BCUT2D eigenvalue weighted by atomic mass is 16.5. The zero-order chi connectivity index (χ0) is 25.6. The summed E-state index contributed by atoms with van der Waals surface area (Å²) in [5, 5.41) is 0. The van der Waals surface area contributed by atoms with Gasteiger partial charge in [-0.3, -0.25) is 9.59 Å². The summed E-state index contributed by atoms with van der Waals surface area (Å²) in [5.74, 6) is 1.46. The van der Waals surface area contributed by atoms with Gasteiger partial charge < -0.3 is 19.0 Å². The van der Waals surface area contributed by atoms with Gasteiger partial charge in [-0.25, -0.2) is 0 Å². The van der Waals surface area contributed by atoms with Gasteiger partial charge in [-0.2, -0.15) is 0 Å². The minimum absolute atomic E-state index is 0.0134. The molecular weight excluding hydrogens is 452 g/mol. The van der Waals surface area contributed by atoms with Crippen molar-refractivity contribution in [2.45, 2.75) is 46.1 Å². The summed E-state index contributed by atoms with van der Waals surface area (Å²) in [6.07, 6.45) is 2.45. The largest absolute Gasteiger partial charge is 0.464 e. The number of carbonyl (C=O) groups excluding carboxylic acids is 2. The molecule has 3 aromatic rings. The topological polar surface area (TPSA) is 63.0 Å². The molecule has 192 valence electrons.